The molecule has 0 amide bonds. The molecule has 0 saturated heterocycles. The van der Waals surface area contributed by atoms with Crippen molar-refractivity contribution in [3.05, 3.63) is 12.2 Å². The lowest BCUT2D eigenvalue weighted by Gasteiger charge is -2.10. The van der Waals surface area contributed by atoms with Gasteiger partial charge in [-0.1, -0.05) is 70.4 Å². The zero-order chi connectivity index (χ0) is 21.8. The molecule has 0 heterocycles. The predicted octanol–water partition coefficient (Wildman–Crippen LogP) is 6.01. The Bertz CT molecular complexity index is 466. The number of esters is 1. The third-order valence-corrected chi connectivity index (χ3v) is 4.98. The first-order valence-electron chi connectivity index (χ1n) is 11.0. The van der Waals surface area contributed by atoms with Crippen molar-refractivity contribution in [2.24, 2.45) is 0 Å². The van der Waals surface area contributed by atoms with E-state index < -0.39 is 33.2 Å². The van der Waals surface area contributed by atoms with E-state index in [-0.39, 0.29) is 6.42 Å². The number of halogens is 1. The molecule has 0 aromatic carbocycles. The van der Waals surface area contributed by atoms with E-state index in [1.165, 1.54) is 44.9 Å². The van der Waals surface area contributed by atoms with Crippen molar-refractivity contribution < 1.29 is 32.8 Å². The van der Waals surface area contributed by atoms with Gasteiger partial charge in [0.25, 0.3) is 0 Å². The number of ether oxygens (including phenoxy) is 1. The monoisotopic (exact) mass is 438 g/mol. The van der Waals surface area contributed by atoms with Crippen LogP contribution in [-0.4, -0.2) is 35.1 Å². The molecule has 0 fully saturated rings. The normalized spacial score (nSPS) is 13.1. The van der Waals surface area contributed by atoms with Gasteiger partial charge in [0.05, 0.1) is 6.61 Å². The molecule has 0 aromatic rings. The van der Waals surface area contributed by atoms with E-state index in [1.807, 2.05) is 0 Å². The number of carbonyl (C=O) groups excluding carboxylic acids is 1. The minimum Gasteiger partial charge on any atom is -0.462 e. The zero-order valence-electron chi connectivity index (χ0n) is 17.9. The van der Waals surface area contributed by atoms with Crippen molar-refractivity contribution in [1.82, 2.24) is 0 Å². The maximum atomic E-state index is 13.3. The minimum atomic E-state index is -4.70. The number of rotatable bonds is 20. The van der Waals surface area contributed by atoms with Gasteiger partial charge < -0.3 is 14.5 Å². The summed E-state index contributed by atoms with van der Waals surface area (Å²) in [5.74, 6) is -0.499. The highest BCUT2D eigenvalue weighted by Crippen LogP contribution is 2.35. The Morgan fingerprint density at radius 3 is 1.97 bits per heavy atom. The first-order chi connectivity index (χ1) is 13.8. The Hall–Kier alpha value is -0.750. The molecule has 0 spiro atoms. The average molecular weight is 439 g/mol. The van der Waals surface area contributed by atoms with Crippen molar-refractivity contribution in [3.63, 3.8) is 0 Å². The molecule has 0 bridgehead atoms. The molecule has 29 heavy (non-hydrogen) atoms. The van der Waals surface area contributed by atoms with Crippen LogP contribution < -0.4 is 0 Å². The van der Waals surface area contributed by atoms with Gasteiger partial charge in [0.2, 0.25) is 0 Å². The van der Waals surface area contributed by atoms with Gasteiger partial charge in [-0.25, -0.2) is 8.96 Å². The Morgan fingerprint density at radius 2 is 1.41 bits per heavy atom. The summed E-state index contributed by atoms with van der Waals surface area (Å²) in [6.45, 7) is 0.883. The van der Waals surface area contributed by atoms with Gasteiger partial charge in [-0.15, -0.1) is 0 Å². The summed E-state index contributed by atoms with van der Waals surface area (Å²) in [7, 11) is -4.70. The molecule has 0 unspecified atom stereocenters. The topological polar surface area (TPSA) is 93.1 Å². The number of carbonyl (C=O) groups is 1. The number of hydrogen-bond acceptors (Lipinski definition) is 4. The maximum absolute atomic E-state index is 13.3. The molecule has 0 aromatic heterocycles. The van der Waals surface area contributed by atoms with E-state index in [2.05, 4.69) is 23.6 Å². The van der Waals surface area contributed by atoms with Gasteiger partial charge >= 0.3 is 13.8 Å². The molecule has 0 aliphatic heterocycles. The lowest BCUT2D eigenvalue weighted by molar-refractivity contribution is -0.145. The van der Waals surface area contributed by atoms with Gasteiger partial charge in [0.15, 0.2) is 6.17 Å². The molecule has 2 N–H and O–H groups in total. The highest BCUT2D eigenvalue weighted by atomic mass is 31.2. The van der Waals surface area contributed by atoms with Crippen LogP contribution in [0.1, 0.15) is 96.8 Å². The smallest absolute Gasteiger partial charge is 0.462 e. The number of phosphoric acid groups is 1. The number of allylic oxidation sites excluding steroid dienone is 2. The second-order valence-electron chi connectivity index (χ2n) is 7.40. The first kappa shape index (κ1) is 28.2. The number of unbranched alkanes of at least 4 members (excludes halogenated alkanes) is 11. The maximum Gasteiger partial charge on any atom is 0.469 e. The van der Waals surface area contributed by atoms with Gasteiger partial charge in [-0.05, 0) is 32.1 Å². The number of alkyl halides is 1. The van der Waals surface area contributed by atoms with Crippen LogP contribution >= 0.6 is 7.82 Å². The van der Waals surface area contributed by atoms with Gasteiger partial charge in [-0.2, -0.15) is 0 Å². The quantitative estimate of drug-likeness (QED) is 0.105. The molecule has 0 rings (SSSR count). The largest absolute Gasteiger partial charge is 0.469 e. The second kappa shape index (κ2) is 19.2. The van der Waals surface area contributed by atoms with Crippen LogP contribution in [0.25, 0.3) is 0 Å². The van der Waals surface area contributed by atoms with Crippen LogP contribution in [0.2, 0.25) is 0 Å². The summed E-state index contributed by atoms with van der Waals surface area (Å²) in [6.07, 6.45) is 18.3. The summed E-state index contributed by atoms with van der Waals surface area (Å²) in [4.78, 5) is 28.4. The third-order valence-electron chi connectivity index (χ3n) is 4.49. The van der Waals surface area contributed by atoms with E-state index in [1.54, 1.807) is 0 Å². The molecular formula is C21H40FO6P. The fourth-order valence-electron chi connectivity index (χ4n) is 2.82. The summed E-state index contributed by atoms with van der Waals surface area (Å²) in [6, 6.07) is 0. The van der Waals surface area contributed by atoms with Crippen LogP contribution in [0.3, 0.4) is 0 Å². The lowest BCUT2D eigenvalue weighted by atomic mass is 10.1. The van der Waals surface area contributed by atoms with Crippen LogP contribution in [0.5, 0.6) is 0 Å². The van der Waals surface area contributed by atoms with Crippen molar-refractivity contribution in [2.75, 3.05) is 13.2 Å². The molecule has 0 radical (unpaired) electrons. The third kappa shape index (κ3) is 23.4. The SMILES string of the molecule is CCCCCCCC/C=C/CCCCCCCC(=O)OC[C@@H](F)COP(=O)(O)O. The van der Waals surface area contributed by atoms with E-state index >= 15 is 0 Å². The lowest BCUT2D eigenvalue weighted by Crippen LogP contribution is -2.19. The Labute approximate surface area is 175 Å². The molecule has 172 valence electrons. The van der Waals surface area contributed by atoms with E-state index in [9.17, 15) is 13.8 Å². The molecule has 0 aliphatic carbocycles. The van der Waals surface area contributed by atoms with Crippen molar-refractivity contribution in [1.29, 1.82) is 0 Å². The number of hydrogen-bond donors (Lipinski definition) is 2. The highest BCUT2D eigenvalue weighted by Gasteiger charge is 2.18. The molecule has 0 aliphatic rings. The summed E-state index contributed by atoms with van der Waals surface area (Å²) >= 11 is 0. The van der Waals surface area contributed by atoms with Gasteiger partial charge in [0, 0.05) is 6.42 Å². The minimum absolute atomic E-state index is 0.226. The van der Waals surface area contributed by atoms with Crippen LogP contribution in [-0.2, 0) is 18.6 Å². The van der Waals surface area contributed by atoms with E-state index in [0.717, 1.165) is 32.1 Å². The molecular weight excluding hydrogens is 398 g/mol. The Morgan fingerprint density at radius 1 is 0.897 bits per heavy atom. The molecule has 6 nitrogen and oxygen atoms in total. The summed E-state index contributed by atoms with van der Waals surface area (Å²) in [5, 5.41) is 0. The Kier molecular flexibility index (Phi) is 18.7. The highest BCUT2D eigenvalue weighted by molar-refractivity contribution is 7.46. The predicted molar refractivity (Wildman–Crippen MR) is 113 cm³/mol. The summed E-state index contributed by atoms with van der Waals surface area (Å²) in [5.41, 5.74) is 0. The van der Waals surface area contributed by atoms with Crippen molar-refractivity contribution in [2.45, 2.75) is 103 Å². The van der Waals surface area contributed by atoms with Gasteiger partial charge in [-0.3, -0.25) is 9.32 Å². The standard InChI is InChI=1S/C21H40FO6P/c1-2-3-4-5-6-7-8-9-10-11-12-13-14-15-16-17-21(23)27-18-20(22)19-28-29(24,25)26/h9-10,20H,2-8,11-19H2,1H3,(H2,24,25,26)/b10-9+/t20-/m1/s1. The molecule has 0 saturated carbocycles. The van der Waals surface area contributed by atoms with E-state index in [4.69, 9.17) is 14.5 Å². The van der Waals surface area contributed by atoms with Crippen LogP contribution in [0.4, 0.5) is 4.39 Å². The van der Waals surface area contributed by atoms with Crippen LogP contribution in [0.15, 0.2) is 12.2 Å². The fourth-order valence-corrected chi connectivity index (χ4v) is 3.18. The van der Waals surface area contributed by atoms with Crippen molar-refractivity contribution >= 4 is 13.8 Å². The van der Waals surface area contributed by atoms with Crippen molar-refractivity contribution in [3.8, 4) is 0 Å². The van der Waals surface area contributed by atoms with Gasteiger partial charge in [0.1, 0.15) is 6.61 Å². The molecule has 1 atom stereocenters. The zero-order valence-corrected chi connectivity index (χ0v) is 18.8. The second-order valence-corrected chi connectivity index (χ2v) is 8.64. The average Bonchev–Trinajstić information content (AvgIpc) is 2.67. The Balaban J connectivity index is 3.38. The summed E-state index contributed by atoms with van der Waals surface area (Å²) < 4.78 is 32.4. The first-order valence-corrected chi connectivity index (χ1v) is 12.5. The van der Waals surface area contributed by atoms with E-state index in [0.29, 0.717) is 6.42 Å². The van der Waals surface area contributed by atoms with Crippen LogP contribution in [0, 0.1) is 0 Å². The molecule has 8 heteroatoms. The number of phosphoric ester groups is 1. The fraction of sp³-hybridized carbons (Fsp3) is 0.857.